The van der Waals surface area contributed by atoms with Crippen molar-refractivity contribution in [2.75, 3.05) is 26.2 Å². The number of likely N-dealkylation sites (tertiary alicyclic amines) is 1. The maximum Gasteiger partial charge on any atom is 0.119 e. The molecule has 2 rings (SSSR count). The number of hydrogen-bond donors (Lipinski definition) is 1. The number of aliphatic hydroxyl groups excluding tert-OH is 1. The van der Waals surface area contributed by atoms with Gasteiger partial charge in [0.15, 0.2) is 0 Å². The Bertz CT molecular complexity index is 329. The molecule has 1 saturated heterocycles. The minimum Gasteiger partial charge on any atom is -0.490 e. The molecule has 0 spiro atoms. The molecule has 0 atom stereocenters. The van der Waals surface area contributed by atoms with E-state index in [-0.39, 0.29) is 6.61 Å². The van der Waals surface area contributed by atoms with Gasteiger partial charge in [-0.25, -0.2) is 0 Å². The van der Waals surface area contributed by atoms with Crippen molar-refractivity contribution in [2.24, 2.45) is 0 Å². The number of aryl methyl sites for hydroxylation is 1. The van der Waals surface area contributed by atoms with E-state index in [0.717, 1.165) is 38.2 Å². The van der Waals surface area contributed by atoms with E-state index < -0.39 is 0 Å². The summed E-state index contributed by atoms with van der Waals surface area (Å²) >= 11 is 0. The Morgan fingerprint density at radius 2 is 1.74 bits per heavy atom. The second kappa shape index (κ2) is 8.94. The van der Waals surface area contributed by atoms with Crippen LogP contribution >= 0.6 is 0 Å². The molecule has 1 aliphatic rings. The van der Waals surface area contributed by atoms with Gasteiger partial charge in [0.05, 0.1) is 6.61 Å². The van der Waals surface area contributed by atoms with Gasteiger partial charge in [0.2, 0.25) is 0 Å². The van der Waals surface area contributed by atoms with E-state index in [1.807, 2.05) is 26.0 Å². The highest BCUT2D eigenvalue weighted by atomic mass is 16.5. The molecule has 0 amide bonds. The predicted molar refractivity (Wildman–Crippen MR) is 79.7 cm³/mol. The van der Waals surface area contributed by atoms with Gasteiger partial charge in [-0.05, 0) is 31.9 Å². The number of piperidine rings is 1. The molecule has 0 bridgehead atoms. The van der Waals surface area contributed by atoms with Crippen LogP contribution in [0.3, 0.4) is 0 Å². The SMILES string of the molecule is CC.Cc1ccc(OC2CCN(CCO)CC2)cc1. The van der Waals surface area contributed by atoms with Crippen molar-refractivity contribution in [3.05, 3.63) is 29.8 Å². The zero-order valence-corrected chi connectivity index (χ0v) is 12.4. The summed E-state index contributed by atoms with van der Waals surface area (Å²) in [6.45, 7) is 9.17. The topological polar surface area (TPSA) is 32.7 Å². The minimum atomic E-state index is 0.253. The second-order valence-electron chi connectivity index (χ2n) is 4.70. The zero-order chi connectivity index (χ0) is 14.1. The Morgan fingerprint density at radius 1 is 1.16 bits per heavy atom. The first-order chi connectivity index (χ1) is 9.28. The highest BCUT2D eigenvalue weighted by Gasteiger charge is 2.19. The molecule has 1 fully saturated rings. The molecule has 1 N–H and O–H groups in total. The quantitative estimate of drug-likeness (QED) is 0.908. The smallest absolute Gasteiger partial charge is 0.119 e. The molecule has 3 nitrogen and oxygen atoms in total. The lowest BCUT2D eigenvalue weighted by Gasteiger charge is -2.31. The van der Waals surface area contributed by atoms with Crippen LogP contribution in [0.4, 0.5) is 0 Å². The van der Waals surface area contributed by atoms with Gasteiger partial charge in [-0.3, -0.25) is 0 Å². The minimum absolute atomic E-state index is 0.253. The summed E-state index contributed by atoms with van der Waals surface area (Å²) < 4.78 is 5.95. The van der Waals surface area contributed by atoms with E-state index >= 15 is 0 Å². The molecular weight excluding hydrogens is 238 g/mol. The highest BCUT2D eigenvalue weighted by molar-refractivity contribution is 5.26. The van der Waals surface area contributed by atoms with Gasteiger partial charge in [0.1, 0.15) is 11.9 Å². The molecule has 0 radical (unpaired) electrons. The average Bonchev–Trinajstić information content (AvgIpc) is 2.46. The second-order valence-corrected chi connectivity index (χ2v) is 4.70. The maximum atomic E-state index is 8.87. The summed E-state index contributed by atoms with van der Waals surface area (Å²) in [6, 6.07) is 8.23. The van der Waals surface area contributed by atoms with Crippen molar-refractivity contribution in [3.63, 3.8) is 0 Å². The van der Waals surface area contributed by atoms with Crippen molar-refractivity contribution in [1.29, 1.82) is 0 Å². The third-order valence-corrected chi connectivity index (χ3v) is 3.27. The van der Waals surface area contributed by atoms with E-state index in [1.54, 1.807) is 0 Å². The van der Waals surface area contributed by atoms with Crippen LogP contribution in [0.1, 0.15) is 32.3 Å². The zero-order valence-electron chi connectivity index (χ0n) is 12.4. The highest BCUT2D eigenvalue weighted by Crippen LogP contribution is 2.19. The average molecular weight is 265 g/mol. The molecule has 19 heavy (non-hydrogen) atoms. The van der Waals surface area contributed by atoms with Crippen molar-refractivity contribution in [3.8, 4) is 5.75 Å². The van der Waals surface area contributed by atoms with Crippen LogP contribution in [0.5, 0.6) is 5.75 Å². The fourth-order valence-electron chi connectivity index (χ4n) is 2.20. The predicted octanol–water partition coefficient (Wildman–Crippen LogP) is 2.86. The Kier molecular flexibility index (Phi) is 7.53. The van der Waals surface area contributed by atoms with E-state index in [4.69, 9.17) is 9.84 Å². The lowest BCUT2D eigenvalue weighted by Crippen LogP contribution is -2.39. The first-order valence-electron chi connectivity index (χ1n) is 7.34. The van der Waals surface area contributed by atoms with Crippen molar-refractivity contribution in [1.82, 2.24) is 4.90 Å². The molecular formula is C16H27NO2. The number of ether oxygens (including phenoxy) is 1. The number of hydrogen-bond acceptors (Lipinski definition) is 3. The summed E-state index contributed by atoms with van der Waals surface area (Å²) in [5.41, 5.74) is 1.26. The molecule has 0 saturated carbocycles. The normalized spacial score (nSPS) is 16.6. The Balaban J connectivity index is 0.000000861. The largest absolute Gasteiger partial charge is 0.490 e. The summed E-state index contributed by atoms with van der Waals surface area (Å²) in [7, 11) is 0. The van der Waals surface area contributed by atoms with Crippen LogP contribution in [0, 0.1) is 6.92 Å². The van der Waals surface area contributed by atoms with Gasteiger partial charge in [0.25, 0.3) is 0 Å². The third kappa shape index (κ3) is 5.62. The number of β-amino-alcohol motifs (C(OH)–C–C–N with tert-alkyl or cyclic N) is 1. The van der Waals surface area contributed by atoms with E-state index in [1.165, 1.54) is 5.56 Å². The fourth-order valence-corrected chi connectivity index (χ4v) is 2.20. The molecule has 0 unspecified atom stereocenters. The van der Waals surface area contributed by atoms with Crippen LogP contribution < -0.4 is 4.74 Å². The molecule has 108 valence electrons. The molecule has 0 aliphatic carbocycles. The van der Waals surface area contributed by atoms with Crippen molar-refractivity contribution >= 4 is 0 Å². The first-order valence-corrected chi connectivity index (χ1v) is 7.34. The Hall–Kier alpha value is -1.06. The molecule has 1 aromatic carbocycles. The van der Waals surface area contributed by atoms with Crippen LogP contribution in [0.2, 0.25) is 0 Å². The molecule has 1 aliphatic heterocycles. The molecule has 3 heteroatoms. The number of rotatable bonds is 4. The van der Waals surface area contributed by atoms with Gasteiger partial charge in [-0.2, -0.15) is 0 Å². The Morgan fingerprint density at radius 3 is 2.26 bits per heavy atom. The van der Waals surface area contributed by atoms with Crippen molar-refractivity contribution < 1.29 is 9.84 Å². The third-order valence-electron chi connectivity index (χ3n) is 3.27. The van der Waals surface area contributed by atoms with Crippen LogP contribution in [-0.2, 0) is 0 Å². The molecule has 1 heterocycles. The molecule has 0 aromatic heterocycles. The lowest BCUT2D eigenvalue weighted by atomic mass is 10.1. The monoisotopic (exact) mass is 265 g/mol. The first kappa shape index (κ1) is 16.0. The summed E-state index contributed by atoms with van der Waals surface area (Å²) in [4.78, 5) is 2.29. The van der Waals surface area contributed by atoms with E-state index in [2.05, 4.69) is 24.0 Å². The van der Waals surface area contributed by atoms with Gasteiger partial charge < -0.3 is 14.7 Å². The summed E-state index contributed by atoms with van der Waals surface area (Å²) in [6.07, 6.45) is 2.43. The standard InChI is InChI=1S/C14H21NO2.C2H6/c1-12-2-4-13(5-3-12)17-14-6-8-15(9-7-14)10-11-16;1-2/h2-5,14,16H,6-11H2,1H3;1-2H3. The lowest BCUT2D eigenvalue weighted by molar-refractivity contribution is 0.0889. The fraction of sp³-hybridized carbons (Fsp3) is 0.625. The van der Waals surface area contributed by atoms with Gasteiger partial charge in [-0.15, -0.1) is 0 Å². The Labute approximate surface area is 117 Å². The van der Waals surface area contributed by atoms with E-state index in [0.29, 0.717) is 6.10 Å². The number of nitrogens with zero attached hydrogens (tertiary/aromatic N) is 1. The van der Waals surface area contributed by atoms with Gasteiger partial charge in [0, 0.05) is 19.6 Å². The number of aliphatic hydroxyl groups is 1. The van der Waals surface area contributed by atoms with Crippen molar-refractivity contribution in [2.45, 2.75) is 39.7 Å². The molecule has 1 aromatic rings. The van der Waals surface area contributed by atoms with Crippen LogP contribution in [-0.4, -0.2) is 42.4 Å². The van der Waals surface area contributed by atoms with E-state index in [9.17, 15) is 0 Å². The summed E-state index contributed by atoms with van der Waals surface area (Å²) in [5, 5.41) is 8.87. The maximum absolute atomic E-state index is 8.87. The van der Waals surface area contributed by atoms with Gasteiger partial charge in [-0.1, -0.05) is 31.5 Å². The van der Waals surface area contributed by atoms with Crippen LogP contribution in [0.25, 0.3) is 0 Å². The number of benzene rings is 1. The van der Waals surface area contributed by atoms with Gasteiger partial charge >= 0.3 is 0 Å². The summed E-state index contributed by atoms with van der Waals surface area (Å²) in [5.74, 6) is 0.969. The van der Waals surface area contributed by atoms with Crippen LogP contribution in [0.15, 0.2) is 24.3 Å².